The van der Waals surface area contributed by atoms with Gasteiger partial charge in [-0.15, -0.1) is 0 Å². The zero-order valence-electron chi connectivity index (χ0n) is 20.3. The predicted octanol–water partition coefficient (Wildman–Crippen LogP) is 4.57. The van der Waals surface area contributed by atoms with E-state index in [4.69, 9.17) is 14.9 Å². The lowest BCUT2D eigenvalue weighted by Crippen LogP contribution is -2.30. The molecule has 0 radical (unpaired) electrons. The number of fused-ring (bicyclic) bond motifs is 1. The van der Waals surface area contributed by atoms with E-state index in [1.165, 1.54) is 4.90 Å². The monoisotopic (exact) mass is 470 g/mol. The van der Waals surface area contributed by atoms with Crippen LogP contribution in [0.3, 0.4) is 0 Å². The SMILES string of the molecule is CCOc1cc2c(c(F)c1OCC)C(=N)N(CC(=O)c1ccc(CC(=O)O)c(C(C)(C)C)c1)C2. The van der Waals surface area contributed by atoms with E-state index >= 15 is 4.39 Å². The number of carboxylic acids is 1. The molecule has 0 bridgehead atoms. The van der Waals surface area contributed by atoms with Gasteiger partial charge in [0, 0.05) is 12.1 Å². The average molecular weight is 471 g/mol. The van der Waals surface area contributed by atoms with Gasteiger partial charge in [0.1, 0.15) is 5.84 Å². The number of ether oxygens (including phenoxy) is 2. The number of benzene rings is 2. The third-order valence-electron chi connectivity index (χ3n) is 5.69. The van der Waals surface area contributed by atoms with E-state index < -0.39 is 11.8 Å². The molecule has 1 heterocycles. The molecule has 1 aliphatic heterocycles. The molecule has 0 saturated carbocycles. The van der Waals surface area contributed by atoms with Gasteiger partial charge in [-0.05, 0) is 48.1 Å². The first kappa shape index (κ1) is 25.2. The van der Waals surface area contributed by atoms with Crippen molar-refractivity contribution in [3.8, 4) is 11.5 Å². The van der Waals surface area contributed by atoms with E-state index in [1.807, 2.05) is 20.8 Å². The number of nitrogens with zero attached hydrogens (tertiary/aromatic N) is 1. The van der Waals surface area contributed by atoms with Crippen molar-refractivity contribution < 1.29 is 28.6 Å². The number of carbonyl (C=O) groups excluding carboxylic acids is 1. The van der Waals surface area contributed by atoms with E-state index in [0.29, 0.717) is 23.3 Å². The van der Waals surface area contributed by atoms with E-state index in [0.717, 1.165) is 5.56 Å². The summed E-state index contributed by atoms with van der Waals surface area (Å²) in [6.07, 6.45) is -0.128. The first-order valence-electron chi connectivity index (χ1n) is 11.3. The van der Waals surface area contributed by atoms with Crippen molar-refractivity contribution in [1.82, 2.24) is 4.90 Å². The topological polar surface area (TPSA) is 99.9 Å². The minimum absolute atomic E-state index is 0.0233. The number of Topliss-reactive ketones (excluding diaryl/α,β-unsaturated/α-hetero) is 1. The fraction of sp³-hybridized carbons (Fsp3) is 0.423. The molecular formula is C26H31FN2O5. The van der Waals surface area contributed by atoms with Crippen LogP contribution in [0.5, 0.6) is 11.5 Å². The smallest absolute Gasteiger partial charge is 0.307 e. The summed E-state index contributed by atoms with van der Waals surface area (Å²) in [5, 5.41) is 17.7. The predicted molar refractivity (Wildman–Crippen MR) is 127 cm³/mol. The third-order valence-corrected chi connectivity index (χ3v) is 5.69. The fourth-order valence-electron chi connectivity index (χ4n) is 4.19. The second kappa shape index (κ2) is 9.83. The van der Waals surface area contributed by atoms with Gasteiger partial charge in [0.15, 0.2) is 23.1 Å². The molecule has 0 amide bonds. The Hall–Kier alpha value is -3.42. The fourth-order valence-corrected chi connectivity index (χ4v) is 4.19. The molecule has 1 aliphatic rings. The molecule has 0 fully saturated rings. The van der Waals surface area contributed by atoms with Crippen LogP contribution in [-0.2, 0) is 23.2 Å². The Labute approximate surface area is 199 Å². The molecule has 34 heavy (non-hydrogen) atoms. The van der Waals surface area contributed by atoms with Crippen LogP contribution in [0.25, 0.3) is 0 Å². The van der Waals surface area contributed by atoms with E-state index in [-0.39, 0.29) is 60.2 Å². The molecule has 2 aromatic rings. The number of ketones is 1. The summed E-state index contributed by atoms with van der Waals surface area (Å²) < 4.78 is 26.2. The minimum Gasteiger partial charge on any atom is -0.490 e. The van der Waals surface area contributed by atoms with E-state index in [9.17, 15) is 14.7 Å². The second-order valence-corrected chi connectivity index (χ2v) is 9.24. The number of aliphatic carboxylic acids is 1. The Morgan fingerprint density at radius 1 is 1.15 bits per heavy atom. The third kappa shape index (κ3) is 5.05. The van der Waals surface area contributed by atoms with Crippen LogP contribution >= 0.6 is 0 Å². The average Bonchev–Trinajstić information content (AvgIpc) is 3.05. The number of hydrogen-bond donors (Lipinski definition) is 2. The summed E-state index contributed by atoms with van der Waals surface area (Å²) in [5.41, 5.74) is 2.20. The molecule has 2 aromatic carbocycles. The summed E-state index contributed by atoms with van der Waals surface area (Å²) in [4.78, 5) is 25.9. The first-order chi connectivity index (χ1) is 16.0. The maximum absolute atomic E-state index is 15.3. The molecule has 0 atom stereocenters. The van der Waals surface area contributed by atoms with Gasteiger partial charge >= 0.3 is 5.97 Å². The summed E-state index contributed by atoms with van der Waals surface area (Å²) in [7, 11) is 0. The van der Waals surface area contributed by atoms with Gasteiger partial charge in [-0.2, -0.15) is 0 Å². The van der Waals surface area contributed by atoms with Crippen LogP contribution in [0.2, 0.25) is 0 Å². The van der Waals surface area contributed by atoms with Crippen molar-refractivity contribution in [1.29, 1.82) is 5.41 Å². The summed E-state index contributed by atoms with van der Waals surface area (Å²) >= 11 is 0. The van der Waals surface area contributed by atoms with Crippen LogP contribution in [-0.4, -0.2) is 47.4 Å². The van der Waals surface area contributed by atoms with Crippen molar-refractivity contribution in [2.24, 2.45) is 0 Å². The van der Waals surface area contributed by atoms with Crippen molar-refractivity contribution in [3.63, 3.8) is 0 Å². The highest BCUT2D eigenvalue weighted by Gasteiger charge is 2.33. The minimum atomic E-state index is -0.937. The lowest BCUT2D eigenvalue weighted by atomic mass is 9.81. The van der Waals surface area contributed by atoms with Crippen molar-refractivity contribution in [2.75, 3.05) is 19.8 Å². The first-order valence-corrected chi connectivity index (χ1v) is 11.3. The number of amidine groups is 1. The molecule has 0 saturated heterocycles. The quantitative estimate of drug-likeness (QED) is 0.521. The van der Waals surface area contributed by atoms with Crippen molar-refractivity contribution in [2.45, 2.75) is 53.0 Å². The molecule has 8 heteroatoms. The maximum atomic E-state index is 15.3. The lowest BCUT2D eigenvalue weighted by Gasteiger charge is -2.24. The normalized spacial score (nSPS) is 13.1. The van der Waals surface area contributed by atoms with Crippen LogP contribution in [0.4, 0.5) is 4.39 Å². The van der Waals surface area contributed by atoms with Crippen LogP contribution in [0.1, 0.15) is 67.2 Å². The van der Waals surface area contributed by atoms with Crippen LogP contribution in [0.15, 0.2) is 24.3 Å². The molecule has 0 unspecified atom stereocenters. The highest BCUT2D eigenvalue weighted by molar-refractivity contribution is 6.06. The summed E-state index contributed by atoms with van der Waals surface area (Å²) in [6, 6.07) is 6.69. The molecule has 7 nitrogen and oxygen atoms in total. The van der Waals surface area contributed by atoms with Gasteiger partial charge in [-0.25, -0.2) is 4.39 Å². The number of hydrogen-bond acceptors (Lipinski definition) is 5. The molecule has 0 spiro atoms. The summed E-state index contributed by atoms with van der Waals surface area (Å²) in [5.74, 6) is -1.65. The Kier molecular flexibility index (Phi) is 7.29. The highest BCUT2D eigenvalue weighted by Crippen LogP contribution is 2.39. The Bertz CT molecular complexity index is 1140. The van der Waals surface area contributed by atoms with Gasteiger partial charge < -0.3 is 19.5 Å². The molecule has 0 aliphatic carbocycles. The zero-order chi connectivity index (χ0) is 25.2. The standard InChI is InChI=1S/C26H31FN2O5/c1-6-33-20-11-17-13-29(25(28)22(17)23(27)24(20)34-7-2)14-19(30)16-9-8-15(12-21(31)32)18(10-16)26(3,4)5/h8-11,28H,6-7,12-14H2,1-5H3,(H,31,32). The van der Waals surface area contributed by atoms with Crippen LogP contribution in [0, 0.1) is 11.2 Å². The Balaban J connectivity index is 1.88. The molecule has 3 rings (SSSR count). The molecule has 2 N–H and O–H groups in total. The molecule has 182 valence electrons. The zero-order valence-corrected chi connectivity index (χ0v) is 20.3. The van der Waals surface area contributed by atoms with E-state index in [1.54, 1.807) is 38.1 Å². The second-order valence-electron chi connectivity index (χ2n) is 9.24. The van der Waals surface area contributed by atoms with Gasteiger partial charge in [0.05, 0.1) is 31.7 Å². The van der Waals surface area contributed by atoms with Crippen molar-refractivity contribution in [3.05, 3.63) is 57.9 Å². The number of carbonyl (C=O) groups is 2. The largest absolute Gasteiger partial charge is 0.490 e. The Morgan fingerprint density at radius 3 is 2.41 bits per heavy atom. The molecule has 0 aromatic heterocycles. The highest BCUT2D eigenvalue weighted by atomic mass is 19.1. The number of carboxylic acid groups (broad SMARTS) is 1. The summed E-state index contributed by atoms with van der Waals surface area (Å²) in [6.45, 7) is 10.1. The van der Waals surface area contributed by atoms with Gasteiger partial charge in [-0.1, -0.05) is 32.9 Å². The Morgan fingerprint density at radius 2 is 1.82 bits per heavy atom. The lowest BCUT2D eigenvalue weighted by molar-refractivity contribution is -0.136. The molecular weight excluding hydrogens is 439 g/mol. The van der Waals surface area contributed by atoms with Crippen molar-refractivity contribution >= 4 is 17.6 Å². The number of rotatable bonds is 9. The van der Waals surface area contributed by atoms with E-state index in [2.05, 4.69) is 0 Å². The van der Waals surface area contributed by atoms with Gasteiger partial charge in [0.25, 0.3) is 0 Å². The van der Waals surface area contributed by atoms with Gasteiger partial charge in [0.2, 0.25) is 0 Å². The maximum Gasteiger partial charge on any atom is 0.307 e. The number of nitrogens with one attached hydrogen (secondary N) is 1. The number of halogens is 1. The van der Waals surface area contributed by atoms with Crippen LogP contribution < -0.4 is 9.47 Å². The van der Waals surface area contributed by atoms with Gasteiger partial charge in [-0.3, -0.25) is 15.0 Å².